The maximum atomic E-state index is 5.72. The zero-order valence-electron chi connectivity index (χ0n) is 14.7. The Morgan fingerprint density at radius 1 is 0.958 bits per heavy atom. The number of unbranched alkanes of at least 4 members (excludes halogenated alkanes) is 1. The van der Waals surface area contributed by atoms with E-state index in [0.717, 1.165) is 37.5 Å². The molecule has 0 N–H and O–H groups in total. The Kier molecular flexibility index (Phi) is 5.76. The first kappa shape index (κ1) is 16.8. The van der Waals surface area contributed by atoms with E-state index in [2.05, 4.69) is 48.2 Å². The number of hydrogen-bond acceptors (Lipinski definition) is 3. The fraction of sp³-hybridized carbons (Fsp3) is 0.429. The van der Waals surface area contributed by atoms with Crippen LogP contribution < -0.4 is 9.47 Å². The molecule has 128 valence electrons. The van der Waals surface area contributed by atoms with Crippen LogP contribution in [0.5, 0.6) is 11.5 Å². The van der Waals surface area contributed by atoms with Gasteiger partial charge in [-0.25, -0.2) is 0 Å². The third-order valence-corrected chi connectivity index (χ3v) is 4.53. The Morgan fingerprint density at radius 2 is 1.62 bits per heavy atom. The number of benzene rings is 2. The van der Waals surface area contributed by atoms with Crippen molar-refractivity contribution in [3.8, 4) is 11.5 Å². The van der Waals surface area contributed by atoms with Gasteiger partial charge in [0.1, 0.15) is 11.5 Å². The number of nitrogens with zero attached hydrogens (tertiary/aromatic N) is 1. The lowest BCUT2D eigenvalue weighted by Crippen LogP contribution is -2.05. The first-order valence-electron chi connectivity index (χ1n) is 8.87. The molecule has 1 saturated heterocycles. The molecule has 3 rings (SSSR count). The molecule has 1 heterocycles. The summed E-state index contributed by atoms with van der Waals surface area (Å²) in [4.78, 5) is 2.51. The van der Waals surface area contributed by atoms with Crippen molar-refractivity contribution in [1.82, 2.24) is 4.90 Å². The van der Waals surface area contributed by atoms with Crippen LogP contribution in [0.1, 0.15) is 30.9 Å². The molecule has 2 atom stereocenters. The Hall–Kier alpha value is -2.00. The lowest BCUT2D eigenvalue weighted by Gasteiger charge is -2.08. The average Bonchev–Trinajstić information content (AvgIpc) is 3.34. The van der Waals surface area contributed by atoms with Crippen molar-refractivity contribution in [2.24, 2.45) is 0 Å². The van der Waals surface area contributed by atoms with Crippen LogP contribution in [0, 0.1) is 0 Å². The summed E-state index contributed by atoms with van der Waals surface area (Å²) in [7, 11) is 1.70. The minimum absolute atomic E-state index is 0.666. The van der Waals surface area contributed by atoms with Crippen LogP contribution in [-0.2, 0) is 13.0 Å². The molecule has 24 heavy (non-hydrogen) atoms. The molecule has 0 saturated carbocycles. The van der Waals surface area contributed by atoms with Gasteiger partial charge < -0.3 is 9.47 Å². The highest BCUT2D eigenvalue weighted by molar-refractivity contribution is 5.29. The van der Waals surface area contributed by atoms with Crippen LogP contribution in [0.3, 0.4) is 0 Å². The van der Waals surface area contributed by atoms with Gasteiger partial charge in [-0.15, -0.1) is 0 Å². The van der Waals surface area contributed by atoms with E-state index in [1.807, 2.05) is 12.1 Å². The van der Waals surface area contributed by atoms with E-state index in [1.54, 1.807) is 7.11 Å². The quantitative estimate of drug-likeness (QED) is 0.507. The lowest BCUT2D eigenvalue weighted by molar-refractivity contribution is 0.309. The molecule has 1 unspecified atom stereocenters. The number of rotatable bonds is 9. The standard InChI is InChI=1S/C21H27NO2/c1-3-4-13-24-21-11-5-17(6-12-21)14-19-16-22(19)15-18-7-9-20(23-2)10-8-18/h5-12,19H,3-4,13-16H2,1-2H3/t19-,22?/m0/s1. The van der Waals surface area contributed by atoms with Gasteiger partial charge in [0.05, 0.1) is 13.7 Å². The van der Waals surface area contributed by atoms with Crippen molar-refractivity contribution in [1.29, 1.82) is 0 Å². The minimum atomic E-state index is 0.666. The lowest BCUT2D eigenvalue weighted by atomic mass is 10.1. The summed E-state index contributed by atoms with van der Waals surface area (Å²) in [5.74, 6) is 1.90. The smallest absolute Gasteiger partial charge is 0.119 e. The second-order valence-electron chi connectivity index (χ2n) is 6.48. The largest absolute Gasteiger partial charge is 0.497 e. The number of methoxy groups -OCH3 is 1. The van der Waals surface area contributed by atoms with Crippen molar-refractivity contribution in [3.05, 3.63) is 59.7 Å². The van der Waals surface area contributed by atoms with E-state index in [4.69, 9.17) is 9.47 Å². The molecule has 0 radical (unpaired) electrons. The van der Waals surface area contributed by atoms with Gasteiger partial charge in [0.2, 0.25) is 0 Å². The van der Waals surface area contributed by atoms with E-state index in [1.165, 1.54) is 24.1 Å². The molecule has 0 spiro atoms. The van der Waals surface area contributed by atoms with Crippen LogP contribution in [0.15, 0.2) is 48.5 Å². The third kappa shape index (κ3) is 4.75. The van der Waals surface area contributed by atoms with Crippen LogP contribution in [0.25, 0.3) is 0 Å². The van der Waals surface area contributed by atoms with Crippen molar-refractivity contribution < 1.29 is 9.47 Å². The first-order chi connectivity index (χ1) is 11.8. The van der Waals surface area contributed by atoms with E-state index in [-0.39, 0.29) is 0 Å². The third-order valence-electron chi connectivity index (χ3n) is 4.53. The highest BCUT2D eigenvalue weighted by Gasteiger charge is 2.33. The molecule has 0 aliphatic carbocycles. The molecule has 0 amide bonds. The molecule has 1 aliphatic rings. The molecule has 0 aromatic heterocycles. The predicted octanol–water partition coefficient (Wildman–Crippen LogP) is 4.30. The van der Waals surface area contributed by atoms with Crippen LogP contribution in [0.4, 0.5) is 0 Å². The topological polar surface area (TPSA) is 21.5 Å². The van der Waals surface area contributed by atoms with E-state index >= 15 is 0 Å². The fourth-order valence-electron chi connectivity index (χ4n) is 2.90. The summed E-state index contributed by atoms with van der Waals surface area (Å²) in [5.41, 5.74) is 2.73. The van der Waals surface area contributed by atoms with Gasteiger partial charge in [0, 0.05) is 19.1 Å². The fourth-order valence-corrected chi connectivity index (χ4v) is 2.90. The maximum absolute atomic E-state index is 5.72. The van der Waals surface area contributed by atoms with Gasteiger partial charge in [-0.2, -0.15) is 0 Å². The number of hydrogen-bond donors (Lipinski definition) is 0. The second kappa shape index (κ2) is 8.20. The van der Waals surface area contributed by atoms with Gasteiger partial charge >= 0.3 is 0 Å². The van der Waals surface area contributed by atoms with Gasteiger partial charge in [0.25, 0.3) is 0 Å². The van der Waals surface area contributed by atoms with Crippen LogP contribution >= 0.6 is 0 Å². The Labute approximate surface area is 145 Å². The number of ether oxygens (including phenoxy) is 2. The van der Waals surface area contributed by atoms with Crippen molar-refractivity contribution in [2.45, 2.75) is 38.8 Å². The first-order valence-corrected chi connectivity index (χ1v) is 8.87. The molecule has 0 bridgehead atoms. The SMILES string of the molecule is CCCCOc1ccc(C[C@H]2CN2Cc2ccc(OC)cc2)cc1. The molecular formula is C21H27NO2. The summed E-state index contributed by atoms with van der Waals surface area (Å²) in [6, 6.07) is 17.6. The Balaban J connectivity index is 1.44. The van der Waals surface area contributed by atoms with Crippen LogP contribution in [-0.4, -0.2) is 31.2 Å². The van der Waals surface area contributed by atoms with Crippen molar-refractivity contribution in [2.75, 3.05) is 20.3 Å². The molecule has 3 heteroatoms. The van der Waals surface area contributed by atoms with Crippen molar-refractivity contribution >= 4 is 0 Å². The normalized spacial score (nSPS) is 19.1. The monoisotopic (exact) mass is 325 g/mol. The van der Waals surface area contributed by atoms with E-state index in [9.17, 15) is 0 Å². The molecule has 2 aromatic rings. The average molecular weight is 325 g/mol. The molecule has 2 aromatic carbocycles. The van der Waals surface area contributed by atoms with Gasteiger partial charge in [-0.1, -0.05) is 37.6 Å². The van der Waals surface area contributed by atoms with Gasteiger partial charge in [-0.05, 0) is 48.2 Å². The summed E-state index contributed by atoms with van der Waals surface area (Å²) in [6.45, 7) is 5.20. The molecule has 1 fully saturated rings. The summed E-state index contributed by atoms with van der Waals surface area (Å²) in [6.07, 6.45) is 3.40. The highest BCUT2D eigenvalue weighted by atomic mass is 16.5. The highest BCUT2D eigenvalue weighted by Crippen LogP contribution is 2.26. The molecule has 1 aliphatic heterocycles. The Morgan fingerprint density at radius 3 is 2.29 bits per heavy atom. The van der Waals surface area contributed by atoms with E-state index < -0.39 is 0 Å². The second-order valence-corrected chi connectivity index (χ2v) is 6.48. The maximum Gasteiger partial charge on any atom is 0.119 e. The summed E-state index contributed by atoms with van der Waals surface area (Å²) < 4.78 is 10.9. The molecule has 3 nitrogen and oxygen atoms in total. The van der Waals surface area contributed by atoms with Crippen LogP contribution in [0.2, 0.25) is 0 Å². The van der Waals surface area contributed by atoms with E-state index in [0.29, 0.717) is 6.04 Å². The van der Waals surface area contributed by atoms with Crippen molar-refractivity contribution in [3.63, 3.8) is 0 Å². The summed E-state index contributed by atoms with van der Waals surface area (Å²) >= 11 is 0. The zero-order valence-corrected chi connectivity index (χ0v) is 14.7. The summed E-state index contributed by atoms with van der Waals surface area (Å²) in [5, 5.41) is 0. The predicted molar refractivity (Wildman–Crippen MR) is 97.7 cm³/mol. The molecular weight excluding hydrogens is 298 g/mol. The Bertz CT molecular complexity index is 621. The zero-order chi connectivity index (χ0) is 16.8. The van der Waals surface area contributed by atoms with Gasteiger partial charge in [-0.3, -0.25) is 4.90 Å². The minimum Gasteiger partial charge on any atom is -0.497 e. The van der Waals surface area contributed by atoms with Gasteiger partial charge in [0.15, 0.2) is 0 Å².